The summed E-state index contributed by atoms with van der Waals surface area (Å²) in [4.78, 5) is 0. The van der Waals surface area contributed by atoms with Gasteiger partial charge in [-0.05, 0) is 6.54 Å². The molecule has 0 saturated heterocycles. The van der Waals surface area contributed by atoms with Gasteiger partial charge in [0.15, 0.2) is 0 Å². The number of likely N-dealkylation sites (N-methyl/N-ethyl adjacent to an activating group) is 1. The van der Waals surface area contributed by atoms with E-state index in [9.17, 15) is 0 Å². The van der Waals surface area contributed by atoms with Crippen LogP contribution >= 0.6 is 0 Å². The van der Waals surface area contributed by atoms with Crippen LogP contribution in [0.1, 0.15) is 12.5 Å². The van der Waals surface area contributed by atoms with E-state index in [4.69, 9.17) is 4.74 Å². The van der Waals surface area contributed by atoms with Gasteiger partial charge in [-0.25, -0.2) is 0 Å². The van der Waals surface area contributed by atoms with Crippen molar-refractivity contribution < 1.29 is 4.74 Å². The minimum absolute atomic E-state index is 0.652. The maximum Gasteiger partial charge on any atom is 0.0748 e. The first-order valence-electron chi connectivity index (χ1n) is 4.59. The summed E-state index contributed by atoms with van der Waals surface area (Å²) in [5.41, 5.74) is 1.12. The van der Waals surface area contributed by atoms with Crippen molar-refractivity contribution in [2.24, 2.45) is 7.05 Å². The second kappa shape index (κ2) is 5.72. The zero-order valence-corrected chi connectivity index (χ0v) is 8.29. The monoisotopic (exact) mass is 183 g/mol. The van der Waals surface area contributed by atoms with Gasteiger partial charge >= 0.3 is 0 Å². The molecule has 0 bridgehead atoms. The van der Waals surface area contributed by atoms with E-state index in [2.05, 4.69) is 17.3 Å². The fourth-order valence-electron chi connectivity index (χ4n) is 1.06. The highest BCUT2D eigenvalue weighted by Gasteiger charge is 1.94. The zero-order valence-electron chi connectivity index (χ0n) is 8.29. The molecule has 1 aromatic rings. The third-order valence-electron chi connectivity index (χ3n) is 1.70. The predicted molar refractivity (Wildman–Crippen MR) is 51.4 cm³/mol. The van der Waals surface area contributed by atoms with Gasteiger partial charge in [-0.1, -0.05) is 6.92 Å². The molecule has 4 heteroatoms. The number of nitrogens with zero attached hydrogens (tertiary/aromatic N) is 2. The number of aromatic nitrogens is 2. The molecule has 0 atom stereocenters. The fraction of sp³-hybridized carbons (Fsp3) is 0.667. The average molecular weight is 183 g/mol. The molecule has 4 nitrogen and oxygen atoms in total. The summed E-state index contributed by atoms with van der Waals surface area (Å²) in [5, 5.41) is 7.25. The van der Waals surface area contributed by atoms with Gasteiger partial charge in [0.25, 0.3) is 0 Å². The minimum Gasteiger partial charge on any atom is -0.375 e. The summed E-state index contributed by atoms with van der Waals surface area (Å²) in [6, 6.07) is 0. The Labute approximate surface area is 78.9 Å². The number of nitrogens with one attached hydrogen (secondary N) is 1. The van der Waals surface area contributed by atoms with Crippen LogP contribution in [0.25, 0.3) is 0 Å². The Morgan fingerprint density at radius 3 is 3.08 bits per heavy atom. The molecule has 0 unspecified atom stereocenters. The van der Waals surface area contributed by atoms with Crippen LogP contribution in [-0.2, 0) is 18.4 Å². The summed E-state index contributed by atoms with van der Waals surface area (Å²) in [7, 11) is 1.90. The molecule has 1 heterocycles. The molecule has 0 aromatic carbocycles. The Bertz CT molecular complexity index is 235. The van der Waals surface area contributed by atoms with Crippen molar-refractivity contribution in [1.29, 1.82) is 0 Å². The molecule has 0 fully saturated rings. The third-order valence-corrected chi connectivity index (χ3v) is 1.70. The van der Waals surface area contributed by atoms with Crippen LogP contribution in [0.5, 0.6) is 0 Å². The molecule has 0 spiro atoms. The van der Waals surface area contributed by atoms with Crippen molar-refractivity contribution >= 4 is 0 Å². The van der Waals surface area contributed by atoms with E-state index >= 15 is 0 Å². The van der Waals surface area contributed by atoms with Gasteiger partial charge in [-0.15, -0.1) is 0 Å². The Balaban J connectivity index is 2.06. The quantitative estimate of drug-likeness (QED) is 0.654. The molecular formula is C9H17N3O. The second-order valence-electron chi connectivity index (χ2n) is 2.93. The third kappa shape index (κ3) is 4.05. The molecule has 74 valence electrons. The predicted octanol–water partition coefficient (Wildman–Crippen LogP) is 0.546. The van der Waals surface area contributed by atoms with Gasteiger partial charge in [-0.2, -0.15) is 5.10 Å². The lowest BCUT2D eigenvalue weighted by Gasteiger charge is -2.02. The van der Waals surface area contributed by atoms with E-state index < -0.39 is 0 Å². The molecule has 1 N–H and O–H groups in total. The smallest absolute Gasteiger partial charge is 0.0748 e. The van der Waals surface area contributed by atoms with Crippen molar-refractivity contribution in [2.45, 2.75) is 13.5 Å². The van der Waals surface area contributed by atoms with Crippen LogP contribution in [0.15, 0.2) is 12.4 Å². The van der Waals surface area contributed by atoms with Crippen molar-refractivity contribution in [3.63, 3.8) is 0 Å². The molecule has 0 radical (unpaired) electrons. The van der Waals surface area contributed by atoms with Crippen molar-refractivity contribution in [1.82, 2.24) is 15.1 Å². The van der Waals surface area contributed by atoms with Crippen LogP contribution in [-0.4, -0.2) is 29.5 Å². The SMILES string of the molecule is CCNCCOCc1cnn(C)c1. The van der Waals surface area contributed by atoms with Gasteiger partial charge in [0.1, 0.15) is 0 Å². The van der Waals surface area contributed by atoms with Crippen LogP contribution < -0.4 is 5.32 Å². The molecule has 0 amide bonds. The topological polar surface area (TPSA) is 39.1 Å². The molecule has 0 saturated carbocycles. The standard InChI is InChI=1S/C9H17N3O/c1-3-10-4-5-13-8-9-6-11-12(2)7-9/h6-7,10H,3-5,8H2,1-2H3. The molecule has 1 aromatic heterocycles. The highest BCUT2D eigenvalue weighted by molar-refractivity contribution is 5.01. The number of hydrogen-bond donors (Lipinski definition) is 1. The first-order chi connectivity index (χ1) is 6.33. The van der Waals surface area contributed by atoms with Gasteiger partial charge in [0, 0.05) is 25.4 Å². The zero-order chi connectivity index (χ0) is 9.52. The van der Waals surface area contributed by atoms with E-state index in [-0.39, 0.29) is 0 Å². The number of aryl methyl sites for hydroxylation is 1. The van der Waals surface area contributed by atoms with Crippen LogP contribution in [0.2, 0.25) is 0 Å². The Morgan fingerprint density at radius 2 is 2.46 bits per heavy atom. The van der Waals surface area contributed by atoms with Crippen molar-refractivity contribution in [3.05, 3.63) is 18.0 Å². The highest BCUT2D eigenvalue weighted by atomic mass is 16.5. The van der Waals surface area contributed by atoms with Crippen molar-refractivity contribution in [2.75, 3.05) is 19.7 Å². The Hall–Kier alpha value is -0.870. The normalized spacial score (nSPS) is 10.6. The lowest BCUT2D eigenvalue weighted by atomic mass is 10.4. The van der Waals surface area contributed by atoms with E-state index in [0.717, 1.165) is 25.3 Å². The molecule has 1 rings (SSSR count). The first kappa shape index (κ1) is 10.2. The van der Waals surface area contributed by atoms with E-state index in [1.807, 2.05) is 19.4 Å². The average Bonchev–Trinajstić information content (AvgIpc) is 2.51. The van der Waals surface area contributed by atoms with Gasteiger partial charge in [0.05, 0.1) is 19.4 Å². The lowest BCUT2D eigenvalue weighted by molar-refractivity contribution is 0.123. The lowest BCUT2D eigenvalue weighted by Crippen LogP contribution is -2.18. The molecule has 13 heavy (non-hydrogen) atoms. The Kier molecular flexibility index (Phi) is 4.49. The summed E-state index contributed by atoms with van der Waals surface area (Å²) in [6.45, 7) is 5.40. The van der Waals surface area contributed by atoms with E-state index in [1.54, 1.807) is 4.68 Å². The molecule has 0 aliphatic carbocycles. The molecule has 0 aliphatic heterocycles. The first-order valence-corrected chi connectivity index (χ1v) is 4.59. The molecular weight excluding hydrogens is 166 g/mol. The van der Waals surface area contributed by atoms with Crippen LogP contribution in [0, 0.1) is 0 Å². The summed E-state index contributed by atoms with van der Waals surface area (Å²) < 4.78 is 7.20. The second-order valence-corrected chi connectivity index (χ2v) is 2.93. The summed E-state index contributed by atoms with van der Waals surface area (Å²) >= 11 is 0. The van der Waals surface area contributed by atoms with E-state index in [1.165, 1.54) is 0 Å². The number of ether oxygens (including phenoxy) is 1. The summed E-state index contributed by atoms with van der Waals surface area (Å²) in [5.74, 6) is 0. The van der Waals surface area contributed by atoms with E-state index in [0.29, 0.717) is 6.61 Å². The number of rotatable bonds is 6. The van der Waals surface area contributed by atoms with Crippen molar-refractivity contribution in [3.8, 4) is 0 Å². The van der Waals surface area contributed by atoms with Crippen LogP contribution in [0.4, 0.5) is 0 Å². The Morgan fingerprint density at radius 1 is 1.62 bits per heavy atom. The highest BCUT2D eigenvalue weighted by Crippen LogP contribution is 1.97. The number of hydrogen-bond acceptors (Lipinski definition) is 3. The minimum atomic E-state index is 0.652. The molecule has 0 aliphatic rings. The largest absolute Gasteiger partial charge is 0.375 e. The maximum atomic E-state index is 5.42. The van der Waals surface area contributed by atoms with Crippen LogP contribution in [0.3, 0.4) is 0 Å². The van der Waals surface area contributed by atoms with Gasteiger partial charge in [-0.3, -0.25) is 4.68 Å². The maximum absolute atomic E-state index is 5.42. The summed E-state index contributed by atoms with van der Waals surface area (Å²) in [6.07, 6.45) is 3.79. The van der Waals surface area contributed by atoms with Gasteiger partial charge in [0.2, 0.25) is 0 Å². The fourth-order valence-corrected chi connectivity index (χ4v) is 1.06. The van der Waals surface area contributed by atoms with Gasteiger partial charge < -0.3 is 10.1 Å².